The third kappa shape index (κ3) is 2.74. The van der Waals surface area contributed by atoms with Gasteiger partial charge >= 0.3 is 0 Å². The molecule has 2 heterocycles. The Kier molecular flexibility index (Phi) is 3.91. The van der Waals surface area contributed by atoms with Crippen LogP contribution in [0.3, 0.4) is 0 Å². The number of aromatic nitrogens is 1. The molecule has 0 unspecified atom stereocenters. The van der Waals surface area contributed by atoms with Crippen LogP contribution in [0.5, 0.6) is 0 Å². The quantitative estimate of drug-likeness (QED) is 0.705. The topological polar surface area (TPSA) is 57.0 Å². The highest BCUT2D eigenvalue weighted by Crippen LogP contribution is 2.33. The summed E-state index contributed by atoms with van der Waals surface area (Å²) in [4.78, 5) is 18.5. The summed E-state index contributed by atoms with van der Waals surface area (Å²) in [5.41, 5.74) is 4.10. The van der Waals surface area contributed by atoms with E-state index in [9.17, 15) is 10.1 Å². The summed E-state index contributed by atoms with van der Waals surface area (Å²) in [5, 5.41) is 10.4. The molecule has 25 heavy (non-hydrogen) atoms. The second-order valence-electron chi connectivity index (χ2n) is 6.23. The first-order valence-corrected chi connectivity index (χ1v) is 8.46. The van der Waals surface area contributed by atoms with Gasteiger partial charge in [-0.25, -0.2) is 0 Å². The number of hydrogen-bond donors (Lipinski definition) is 0. The van der Waals surface area contributed by atoms with Crippen LogP contribution in [-0.2, 0) is 4.79 Å². The Balaban J connectivity index is 1.94. The maximum atomic E-state index is 12.3. The van der Waals surface area contributed by atoms with Gasteiger partial charge in [0, 0.05) is 35.8 Å². The van der Waals surface area contributed by atoms with Gasteiger partial charge < -0.3 is 4.90 Å². The smallest absolute Gasteiger partial charge is 0.226 e. The van der Waals surface area contributed by atoms with Crippen molar-refractivity contribution in [1.29, 1.82) is 5.26 Å². The fourth-order valence-corrected chi connectivity index (χ4v) is 3.43. The number of fused-ring (bicyclic) bond motifs is 1. The van der Waals surface area contributed by atoms with E-state index >= 15 is 0 Å². The monoisotopic (exact) mass is 327 g/mol. The van der Waals surface area contributed by atoms with Crippen molar-refractivity contribution in [3.63, 3.8) is 0 Å². The van der Waals surface area contributed by atoms with Gasteiger partial charge in [-0.05, 0) is 36.6 Å². The molecule has 0 N–H and O–H groups in total. The van der Waals surface area contributed by atoms with Crippen molar-refractivity contribution in [3.8, 4) is 17.2 Å². The van der Waals surface area contributed by atoms with Gasteiger partial charge in [-0.2, -0.15) is 5.26 Å². The summed E-state index contributed by atoms with van der Waals surface area (Å²) < 4.78 is 0. The number of piperidine rings is 1. The second kappa shape index (κ2) is 6.37. The number of hydrogen-bond acceptors (Lipinski definition) is 3. The van der Waals surface area contributed by atoms with Crippen LogP contribution in [0.1, 0.15) is 24.8 Å². The zero-order valence-electron chi connectivity index (χ0n) is 13.8. The molecule has 0 spiro atoms. The van der Waals surface area contributed by atoms with Crippen LogP contribution in [0.15, 0.2) is 54.7 Å². The van der Waals surface area contributed by atoms with Gasteiger partial charge in [0.25, 0.3) is 0 Å². The van der Waals surface area contributed by atoms with Gasteiger partial charge in [-0.1, -0.05) is 30.3 Å². The molecule has 1 saturated heterocycles. The molecule has 1 fully saturated rings. The number of benzene rings is 2. The standard InChI is InChI=1S/C21H17N3O/c22-13-16-14-23-19-10-9-17(24-11-5-4-8-20(24)25)12-18(19)21(16)15-6-2-1-3-7-15/h1-3,6-7,9-10,12,14H,4-5,8,11H2. The summed E-state index contributed by atoms with van der Waals surface area (Å²) in [6.45, 7) is 0.746. The highest BCUT2D eigenvalue weighted by Gasteiger charge is 2.20. The first kappa shape index (κ1) is 15.3. The van der Waals surface area contributed by atoms with Gasteiger partial charge in [-0.15, -0.1) is 0 Å². The lowest BCUT2D eigenvalue weighted by Crippen LogP contribution is -2.35. The number of rotatable bonds is 2. The molecule has 1 aromatic heterocycles. The second-order valence-corrected chi connectivity index (χ2v) is 6.23. The normalized spacial score (nSPS) is 14.5. The molecule has 4 heteroatoms. The molecular formula is C21H17N3O. The number of pyridine rings is 1. The fourth-order valence-electron chi connectivity index (χ4n) is 3.43. The van der Waals surface area contributed by atoms with Crippen LogP contribution < -0.4 is 4.90 Å². The first-order valence-electron chi connectivity index (χ1n) is 8.46. The van der Waals surface area contributed by atoms with Gasteiger partial charge in [0.15, 0.2) is 0 Å². The van der Waals surface area contributed by atoms with E-state index in [2.05, 4.69) is 11.1 Å². The molecule has 0 atom stereocenters. The maximum absolute atomic E-state index is 12.3. The predicted octanol–water partition coefficient (Wildman–Crippen LogP) is 4.29. The van der Waals surface area contributed by atoms with Gasteiger partial charge in [0.1, 0.15) is 6.07 Å². The van der Waals surface area contributed by atoms with Crippen molar-refractivity contribution in [2.24, 2.45) is 0 Å². The van der Waals surface area contributed by atoms with E-state index in [0.29, 0.717) is 12.0 Å². The highest BCUT2D eigenvalue weighted by atomic mass is 16.2. The number of amides is 1. The lowest BCUT2D eigenvalue weighted by Gasteiger charge is -2.27. The van der Waals surface area contributed by atoms with Crippen molar-refractivity contribution in [1.82, 2.24) is 4.98 Å². The largest absolute Gasteiger partial charge is 0.312 e. The SMILES string of the molecule is N#Cc1cnc2ccc(N3CCCCC3=O)cc2c1-c1ccccc1. The Morgan fingerprint density at radius 2 is 1.92 bits per heavy atom. The summed E-state index contributed by atoms with van der Waals surface area (Å²) >= 11 is 0. The van der Waals surface area contributed by atoms with Gasteiger partial charge in [-0.3, -0.25) is 9.78 Å². The van der Waals surface area contributed by atoms with E-state index in [1.807, 2.05) is 53.4 Å². The molecule has 0 saturated carbocycles. The van der Waals surface area contributed by atoms with Gasteiger partial charge in [0.05, 0.1) is 11.1 Å². The molecule has 122 valence electrons. The Bertz CT molecular complexity index is 989. The molecule has 1 aliphatic heterocycles. The van der Waals surface area contributed by atoms with Crippen LogP contribution in [0.2, 0.25) is 0 Å². The fraction of sp³-hybridized carbons (Fsp3) is 0.190. The Hall–Kier alpha value is -3.19. The van der Waals surface area contributed by atoms with Crippen LogP contribution in [0.25, 0.3) is 22.0 Å². The van der Waals surface area contributed by atoms with Crippen LogP contribution >= 0.6 is 0 Å². The van der Waals surface area contributed by atoms with E-state index in [1.165, 1.54) is 0 Å². The molecule has 3 aromatic rings. The van der Waals surface area contributed by atoms with Crippen molar-refractivity contribution >= 4 is 22.5 Å². The average molecular weight is 327 g/mol. The molecule has 0 bridgehead atoms. The first-order chi connectivity index (χ1) is 12.3. The molecular weight excluding hydrogens is 310 g/mol. The Labute approximate surface area is 146 Å². The van der Waals surface area contributed by atoms with Crippen molar-refractivity contribution < 1.29 is 4.79 Å². The minimum absolute atomic E-state index is 0.163. The summed E-state index contributed by atoms with van der Waals surface area (Å²) in [6, 6.07) is 18.0. The molecule has 1 aliphatic rings. The van der Waals surface area contributed by atoms with Crippen molar-refractivity contribution in [2.75, 3.05) is 11.4 Å². The van der Waals surface area contributed by atoms with E-state index in [0.717, 1.165) is 47.1 Å². The summed E-state index contributed by atoms with van der Waals surface area (Å²) in [5.74, 6) is 0.163. The zero-order valence-corrected chi connectivity index (χ0v) is 13.8. The number of carbonyl (C=O) groups is 1. The van der Waals surface area contributed by atoms with Crippen LogP contribution in [0.4, 0.5) is 5.69 Å². The molecule has 1 amide bonds. The predicted molar refractivity (Wildman–Crippen MR) is 98.1 cm³/mol. The number of nitrogens with zero attached hydrogens (tertiary/aromatic N) is 3. The molecule has 0 radical (unpaired) electrons. The maximum Gasteiger partial charge on any atom is 0.226 e. The number of anilines is 1. The minimum atomic E-state index is 0.163. The van der Waals surface area contributed by atoms with Crippen molar-refractivity contribution in [2.45, 2.75) is 19.3 Å². The lowest BCUT2D eigenvalue weighted by atomic mass is 9.96. The highest BCUT2D eigenvalue weighted by molar-refractivity contribution is 6.01. The Morgan fingerprint density at radius 3 is 2.68 bits per heavy atom. The Morgan fingerprint density at radius 1 is 1.08 bits per heavy atom. The van der Waals surface area contributed by atoms with Crippen LogP contribution in [0, 0.1) is 11.3 Å². The van der Waals surface area contributed by atoms with Gasteiger partial charge in [0.2, 0.25) is 5.91 Å². The molecule has 2 aromatic carbocycles. The third-order valence-corrected chi connectivity index (χ3v) is 4.67. The average Bonchev–Trinajstić information content (AvgIpc) is 2.67. The van der Waals surface area contributed by atoms with E-state index in [4.69, 9.17) is 0 Å². The molecule has 4 rings (SSSR count). The number of carbonyl (C=O) groups excluding carboxylic acids is 1. The minimum Gasteiger partial charge on any atom is -0.312 e. The molecule has 0 aliphatic carbocycles. The zero-order chi connectivity index (χ0) is 17.2. The van der Waals surface area contributed by atoms with E-state index in [-0.39, 0.29) is 5.91 Å². The lowest BCUT2D eigenvalue weighted by molar-refractivity contribution is -0.119. The third-order valence-electron chi connectivity index (χ3n) is 4.67. The van der Waals surface area contributed by atoms with Crippen molar-refractivity contribution in [3.05, 3.63) is 60.3 Å². The van der Waals surface area contributed by atoms with Crippen LogP contribution in [-0.4, -0.2) is 17.4 Å². The number of nitriles is 1. The summed E-state index contributed by atoms with van der Waals surface area (Å²) in [7, 11) is 0. The van der Waals surface area contributed by atoms with E-state index < -0.39 is 0 Å². The summed E-state index contributed by atoms with van der Waals surface area (Å²) in [6.07, 6.45) is 4.20. The molecule has 4 nitrogen and oxygen atoms in total. The van der Waals surface area contributed by atoms with E-state index in [1.54, 1.807) is 6.20 Å².